The molecule has 0 aromatic heterocycles. The Morgan fingerprint density at radius 2 is 1.89 bits per heavy atom. The standard InChI is InChI=1S/C12H15Cl2NO3S/c13-8-4-3-7-11(12(8)14)19(17,18)15-9-5-1-2-6-10(9)16/h3-4,7,9-10,15-16H,1-2,5-6H2/t9-,10-/m0/s1. The van der Waals surface area contributed by atoms with Crippen LogP contribution in [0.1, 0.15) is 25.7 Å². The zero-order chi connectivity index (χ0) is 14.0. The normalized spacial score (nSPS) is 24.4. The molecule has 7 heteroatoms. The largest absolute Gasteiger partial charge is 0.391 e. The molecule has 1 aliphatic carbocycles. The number of halogens is 2. The number of aliphatic hydroxyl groups is 1. The second kappa shape index (κ2) is 5.97. The highest BCUT2D eigenvalue weighted by Crippen LogP contribution is 2.29. The molecule has 0 radical (unpaired) electrons. The van der Waals surface area contributed by atoms with E-state index in [-0.39, 0.29) is 14.9 Å². The molecule has 1 aromatic rings. The maximum atomic E-state index is 12.3. The van der Waals surface area contributed by atoms with E-state index < -0.39 is 22.2 Å². The number of hydrogen-bond donors (Lipinski definition) is 2. The van der Waals surface area contributed by atoms with Gasteiger partial charge in [0.15, 0.2) is 0 Å². The van der Waals surface area contributed by atoms with E-state index in [4.69, 9.17) is 23.2 Å². The molecular weight excluding hydrogens is 309 g/mol. The molecule has 2 N–H and O–H groups in total. The van der Waals surface area contributed by atoms with Gasteiger partial charge in [0, 0.05) is 6.04 Å². The van der Waals surface area contributed by atoms with E-state index in [9.17, 15) is 13.5 Å². The van der Waals surface area contributed by atoms with Crippen molar-refractivity contribution in [3.63, 3.8) is 0 Å². The molecule has 2 rings (SSSR count). The van der Waals surface area contributed by atoms with E-state index in [2.05, 4.69) is 4.72 Å². The molecule has 4 nitrogen and oxygen atoms in total. The van der Waals surface area contributed by atoms with Crippen molar-refractivity contribution >= 4 is 33.2 Å². The molecule has 0 heterocycles. The minimum atomic E-state index is -3.77. The van der Waals surface area contributed by atoms with Crippen LogP contribution in [0.25, 0.3) is 0 Å². The molecule has 0 aliphatic heterocycles. The van der Waals surface area contributed by atoms with Gasteiger partial charge < -0.3 is 5.11 Å². The van der Waals surface area contributed by atoms with E-state index in [1.165, 1.54) is 18.2 Å². The molecule has 0 bridgehead atoms. The Kier molecular flexibility index (Phi) is 4.74. The van der Waals surface area contributed by atoms with Gasteiger partial charge in [-0.15, -0.1) is 0 Å². The van der Waals surface area contributed by atoms with E-state index in [1.807, 2.05) is 0 Å². The molecule has 2 atom stereocenters. The lowest BCUT2D eigenvalue weighted by Crippen LogP contribution is -2.45. The van der Waals surface area contributed by atoms with Gasteiger partial charge in [-0.3, -0.25) is 0 Å². The lowest BCUT2D eigenvalue weighted by molar-refractivity contribution is 0.101. The number of hydrogen-bond acceptors (Lipinski definition) is 3. The minimum Gasteiger partial charge on any atom is -0.391 e. The van der Waals surface area contributed by atoms with Gasteiger partial charge in [-0.25, -0.2) is 13.1 Å². The molecule has 0 unspecified atom stereocenters. The fraction of sp³-hybridized carbons (Fsp3) is 0.500. The van der Waals surface area contributed by atoms with Crippen molar-refractivity contribution in [3.05, 3.63) is 28.2 Å². The monoisotopic (exact) mass is 323 g/mol. The summed E-state index contributed by atoms with van der Waals surface area (Å²) in [6.45, 7) is 0. The van der Waals surface area contributed by atoms with Gasteiger partial charge in [0.25, 0.3) is 0 Å². The topological polar surface area (TPSA) is 66.4 Å². The van der Waals surface area contributed by atoms with Crippen LogP contribution in [0.4, 0.5) is 0 Å². The first-order valence-corrected chi connectivity index (χ1v) is 8.30. The van der Waals surface area contributed by atoms with Gasteiger partial charge in [-0.1, -0.05) is 42.1 Å². The summed E-state index contributed by atoms with van der Waals surface area (Å²) in [4.78, 5) is -0.0561. The van der Waals surface area contributed by atoms with E-state index in [1.54, 1.807) is 0 Å². The molecule has 0 amide bonds. The number of sulfonamides is 1. The predicted molar refractivity (Wildman–Crippen MR) is 75.0 cm³/mol. The van der Waals surface area contributed by atoms with Crippen LogP contribution in [-0.2, 0) is 10.0 Å². The molecule has 1 aromatic carbocycles. The summed E-state index contributed by atoms with van der Waals surface area (Å²) in [5.74, 6) is 0. The second-order valence-corrected chi connectivity index (χ2v) is 7.10. The third kappa shape index (κ3) is 3.41. The zero-order valence-corrected chi connectivity index (χ0v) is 12.5. The van der Waals surface area contributed by atoms with Crippen LogP contribution < -0.4 is 4.72 Å². The lowest BCUT2D eigenvalue weighted by atomic mass is 9.93. The molecule has 106 valence electrons. The Morgan fingerprint density at radius 3 is 2.58 bits per heavy atom. The van der Waals surface area contributed by atoms with Crippen LogP contribution in [0.15, 0.2) is 23.1 Å². The van der Waals surface area contributed by atoms with Crippen LogP contribution in [0.2, 0.25) is 10.0 Å². The Hall–Kier alpha value is -0.330. The van der Waals surface area contributed by atoms with E-state index in [0.29, 0.717) is 12.8 Å². The highest BCUT2D eigenvalue weighted by Gasteiger charge is 2.29. The summed E-state index contributed by atoms with van der Waals surface area (Å²) < 4.78 is 27.0. The number of nitrogens with one attached hydrogen (secondary N) is 1. The summed E-state index contributed by atoms with van der Waals surface area (Å²) in [5, 5.41) is 10.0. The Balaban J connectivity index is 2.25. The Bertz CT molecular complexity index is 562. The van der Waals surface area contributed by atoms with E-state index >= 15 is 0 Å². The van der Waals surface area contributed by atoms with Crippen molar-refractivity contribution < 1.29 is 13.5 Å². The van der Waals surface area contributed by atoms with Gasteiger partial charge >= 0.3 is 0 Å². The van der Waals surface area contributed by atoms with Crippen LogP contribution in [-0.4, -0.2) is 25.7 Å². The van der Waals surface area contributed by atoms with Gasteiger partial charge in [0.1, 0.15) is 4.90 Å². The summed E-state index contributed by atoms with van der Waals surface area (Å²) in [6, 6.07) is 3.98. The van der Waals surface area contributed by atoms with Crippen molar-refractivity contribution in [2.24, 2.45) is 0 Å². The van der Waals surface area contributed by atoms with Crippen molar-refractivity contribution in [2.45, 2.75) is 42.7 Å². The van der Waals surface area contributed by atoms with Gasteiger partial charge in [0.2, 0.25) is 10.0 Å². The first-order chi connectivity index (χ1) is 8.92. The molecular formula is C12H15Cl2NO3S. The maximum absolute atomic E-state index is 12.3. The molecule has 1 aliphatic rings. The number of aliphatic hydroxyl groups excluding tert-OH is 1. The summed E-state index contributed by atoms with van der Waals surface area (Å²) >= 11 is 11.7. The van der Waals surface area contributed by atoms with Crippen LogP contribution in [0, 0.1) is 0 Å². The SMILES string of the molecule is O=S(=O)(N[C@H]1CCCC[C@@H]1O)c1cccc(Cl)c1Cl. The zero-order valence-electron chi connectivity index (χ0n) is 10.1. The van der Waals surface area contributed by atoms with Crippen molar-refractivity contribution in [3.8, 4) is 0 Å². The van der Waals surface area contributed by atoms with Gasteiger partial charge in [-0.2, -0.15) is 0 Å². The summed E-state index contributed by atoms with van der Waals surface area (Å²) in [5.41, 5.74) is 0. The van der Waals surface area contributed by atoms with Crippen LogP contribution in [0.3, 0.4) is 0 Å². The molecule has 1 fully saturated rings. The highest BCUT2D eigenvalue weighted by atomic mass is 35.5. The van der Waals surface area contributed by atoms with Crippen molar-refractivity contribution in [2.75, 3.05) is 0 Å². The Labute approximate surface area is 122 Å². The number of rotatable bonds is 3. The quantitative estimate of drug-likeness (QED) is 0.898. The second-order valence-electron chi connectivity index (χ2n) is 4.63. The van der Waals surface area contributed by atoms with Crippen molar-refractivity contribution in [1.29, 1.82) is 0 Å². The van der Waals surface area contributed by atoms with Gasteiger partial charge in [-0.05, 0) is 25.0 Å². The Morgan fingerprint density at radius 1 is 1.21 bits per heavy atom. The maximum Gasteiger partial charge on any atom is 0.242 e. The van der Waals surface area contributed by atoms with Crippen LogP contribution in [0.5, 0.6) is 0 Å². The average molecular weight is 324 g/mol. The average Bonchev–Trinajstić information content (AvgIpc) is 2.35. The smallest absolute Gasteiger partial charge is 0.242 e. The first-order valence-electron chi connectivity index (χ1n) is 6.06. The highest BCUT2D eigenvalue weighted by molar-refractivity contribution is 7.89. The molecule has 0 spiro atoms. The molecule has 1 saturated carbocycles. The molecule has 0 saturated heterocycles. The minimum absolute atomic E-state index is 0.00182. The summed E-state index contributed by atoms with van der Waals surface area (Å²) in [7, 11) is -3.77. The van der Waals surface area contributed by atoms with Gasteiger partial charge in [0.05, 0.1) is 16.1 Å². The number of benzene rings is 1. The lowest BCUT2D eigenvalue weighted by Gasteiger charge is -2.28. The fourth-order valence-corrected chi connectivity index (χ4v) is 4.27. The third-order valence-corrected chi connectivity index (χ3v) is 5.70. The van der Waals surface area contributed by atoms with Crippen molar-refractivity contribution in [1.82, 2.24) is 4.72 Å². The fourth-order valence-electron chi connectivity index (χ4n) is 2.20. The van der Waals surface area contributed by atoms with E-state index in [0.717, 1.165) is 12.8 Å². The predicted octanol–water partition coefficient (Wildman–Crippen LogP) is 2.58. The van der Waals surface area contributed by atoms with Crippen LogP contribution >= 0.6 is 23.2 Å². The first kappa shape index (κ1) is 15.1. The molecule has 19 heavy (non-hydrogen) atoms. The third-order valence-electron chi connectivity index (χ3n) is 3.24. The summed E-state index contributed by atoms with van der Waals surface area (Å²) in [6.07, 6.45) is 2.39.